The maximum Gasteiger partial charge on any atom is 0.228 e. The van der Waals surface area contributed by atoms with Gasteiger partial charge < -0.3 is 19.2 Å². The normalized spacial score (nSPS) is 12.1. The number of halogens is 1. The Labute approximate surface area is 145 Å². The van der Waals surface area contributed by atoms with Gasteiger partial charge in [0.15, 0.2) is 16.7 Å². The van der Waals surface area contributed by atoms with Crippen LogP contribution in [0.2, 0.25) is 0 Å². The number of nitrogens with zero attached hydrogens (tertiary/aromatic N) is 2. The zero-order valence-electron chi connectivity index (χ0n) is 13.6. The zero-order valence-corrected chi connectivity index (χ0v) is 14.4. The molecule has 1 unspecified atom stereocenters. The van der Waals surface area contributed by atoms with Crippen molar-refractivity contribution in [3.8, 4) is 17.2 Å². The minimum atomic E-state index is -1.48. The van der Waals surface area contributed by atoms with Gasteiger partial charge >= 0.3 is 0 Å². The molecule has 0 aliphatic rings. The Morgan fingerprint density at radius 3 is 2.80 bits per heavy atom. The second-order valence-corrected chi connectivity index (χ2v) is 6.32. The fourth-order valence-electron chi connectivity index (χ4n) is 2.37. The van der Waals surface area contributed by atoms with Gasteiger partial charge in [-0.2, -0.15) is 0 Å². The molecule has 132 valence electrons. The van der Waals surface area contributed by atoms with Gasteiger partial charge in [0, 0.05) is 18.3 Å². The van der Waals surface area contributed by atoms with Gasteiger partial charge in [-0.15, -0.1) is 0 Å². The van der Waals surface area contributed by atoms with Crippen LogP contribution in [0.15, 0.2) is 35.6 Å². The van der Waals surface area contributed by atoms with E-state index in [-0.39, 0.29) is 5.75 Å². The molecular weight excluding hydrogens is 349 g/mol. The monoisotopic (exact) mass is 365 g/mol. The SMILES string of the molecule is COc1ccnc(CS(=O)c2nc3ccc(OCF)cc3[nH]2)c1OC. The van der Waals surface area contributed by atoms with Gasteiger partial charge in [-0.1, -0.05) is 0 Å². The Kier molecular flexibility index (Phi) is 5.13. The molecule has 1 N–H and O–H groups in total. The Morgan fingerprint density at radius 1 is 1.24 bits per heavy atom. The maximum atomic E-state index is 12.7. The molecule has 3 aromatic rings. The number of H-pyrrole nitrogens is 1. The molecular formula is C16H16FN3O4S. The Hall–Kier alpha value is -2.68. The molecule has 2 aromatic heterocycles. The first-order chi connectivity index (χ1) is 12.2. The second-order valence-electron chi connectivity index (χ2n) is 4.96. The predicted octanol–water partition coefficient (Wildman–Crippen LogP) is 2.59. The number of nitrogens with one attached hydrogen (secondary N) is 1. The topological polar surface area (TPSA) is 86.3 Å². The van der Waals surface area contributed by atoms with Gasteiger partial charge in [0.05, 0.1) is 47.5 Å². The van der Waals surface area contributed by atoms with Gasteiger partial charge in [0.25, 0.3) is 0 Å². The number of imidazole rings is 1. The number of ether oxygens (including phenoxy) is 3. The summed E-state index contributed by atoms with van der Waals surface area (Å²) in [5.74, 6) is 1.43. The highest BCUT2D eigenvalue weighted by Crippen LogP contribution is 2.30. The standard InChI is InChI=1S/C16H16FN3O4S/c1-22-14-5-6-18-13(15(14)23-2)8-25(21)16-19-11-4-3-10(24-9-17)7-12(11)20-16/h3-7H,8-9H2,1-2H3,(H,19,20). The first-order valence-corrected chi connectivity index (χ1v) is 8.61. The average molecular weight is 365 g/mol. The number of hydrogen-bond donors (Lipinski definition) is 1. The van der Waals surface area contributed by atoms with E-state index in [2.05, 4.69) is 15.0 Å². The molecule has 0 bridgehead atoms. The largest absolute Gasteiger partial charge is 0.493 e. The van der Waals surface area contributed by atoms with Crippen molar-refractivity contribution < 1.29 is 22.8 Å². The first kappa shape index (κ1) is 17.2. The average Bonchev–Trinajstić information content (AvgIpc) is 3.05. The van der Waals surface area contributed by atoms with Gasteiger partial charge in [-0.05, 0) is 12.1 Å². The number of methoxy groups -OCH3 is 2. The van der Waals surface area contributed by atoms with Crippen molar-refractivity contribution in [2.45, 2.75) is 10.9 Å². The van der Waals surface area contributed by atoms with Crippen molar-refractivity contribution in [3.63, 3.8) is 0 Å². The lowest BCUT2D eigenvalue weighted by atomic mass is 10.3. The van der Waals surface area contributed by atoms with Crippen molar-refractivity contribution in [1.82, 2.24) is 15.0 Å². The molecule has 2 heterocycles. The Morgan fingerprint density at radius 2 is 2.08 bits per heavy atom. The molecule has 0 fully saturated rings. The van der Waals surface area contributed by atoms with E-state index in [1.807, 2.05) is 0 Å². The Balaban J connectivity index is 1.87. The summed E-state index contributed by atoms with van der Waals surface area (Å²) < 4.78 is 40.2. The van der Waals surface area contributed by atoms with E-state index in [4.69, 9.17) is 14.2 Å². The number of alkyl halides is 1. The predicted molar refractivity (Wildman–Crippen MR) is 90.2 cm³/mol. The molecule has 1 aromatic carbocycles. The second kappa shape index (κ2) is 7.47. The summed E-state index contributed by atoms with van der Waals surface area (Å²) in [5.41, 5.74) is 1.72. The van der Waals surface area contributed by atoms with Crippen LogP contribution in [0.25, 0.3) is 11.0 Å². The minimum absolute atomic E-state index is 0.105. The van der Waals surface area contributed by atoms with E-state index in [9.17, 15) is 8.60 Å². The molecule has 0 amide bonds. The zero-order chi connectivity index (χ0) is 17.8. The van der Waals surface area contributed by atoms with Crippen LogP contribution in [0.3, 0.4) is 0 Å². The van der Waals surface area contributed by atoms with E-state index in [0.717, 1.165) is 0 Å². The lowest BCUT2D eigenvalue weighted by Crippen LogP contribution is -2.04. The highest BCUT2D eigenvalue weighted by Gasteiger charge is 2.17. The third kappa shape index (κ3) is 3.55. The maximum absolute atomic E-state index is 12.7. The van der Waals surface area contributed by atoms with Crippen LogP contribution in [-0.2, 0) is 16.6 Å². The van der Waals surface area contributed by atoms with Crippen molar-refractivity contribution in [2.75, 3.05) is 21.1 Å². The molecule has 0 radical (unpaired) electrons. The molecule has 0 aliphatic carbocycles. The number of pyridine rings is 1. The smallest absolute Gasteiger partial charge is 0.228 e. The summed E-state index contributed by atoms with van der Waals surface area (Å²) in [5, 5.41) is 0.291. The summed E-state index contributed by atoms with van der Waals surface area (Å²) >= 11 is 0. The quantitative estimate of drug-likeness (QED) is 0.693. The molecule has 0 saturated carbocycles. The number of benzene rings is 1. The fraction of sp³-hybridized carbons (Fsp3) is 0.250. The molecule has 1 atom stereocenters. The summed E-state index contributed by atoms with van der Waals surface area (Å²) in [7, 11) is 1.54. The van der Waals surface area contributed by atoms with Crippen molar-refractivity contribution in [2.24, 2.45) is 0 Å². The van der Waals surface area contributed by atoms with Crippen LogP contribution in [0.5, 0.6) is 17.2 Å². The van der Waals surface area contributed by atoms with E-state index < -0.39 is 17.7 Å². The molecule has 9 heteroatoms. The number of hydrogen-bond acceptors (Lipinski definition) is 6. The van der Waals surface area contributed by atoms with Crippen LogP contribution in [0, 0.1) is 0 Å². The molecule has 3 rings (SSSR count). The van der Waals surface area contributed by atoms with Crippen LogP contribution >= 0.6 is 0 Å². The molecule has 0 aliphatic heterocycles. The van der Waals surface area contributed by atoms with Gasteiger partial charge in [-0.3, -0.25) is 9.19 Å². The van der Waals surface area contributed by atoms with Crippen LogP contribution in [0.1, 0.15) is 5.69 Å². The highest BCUT2D eigenvalue weighted by atomic mass is 32.2. The Bertz CT molecular complexity index is 916. The van der Waals surface area contributed by atoms with Gasteiger partial charge in [0.1, 0.15) is 5.75 Å². The van der Waals surface area contributed by atoms with Crippen LogP contribution in [-0.4, -0.2) is 40.2 Å². The van der Waals surface area contributed by atoms with Gasteiger partial charge in [0.2, 0.25) is 6.86 Å². The lowest BCUT2D eigenvalue weighted by Gasteiger charge is -2.10. The lowest BCUT2D eigenvalue weighted by molar-refractivity contribution is 0.192. The third-order valence-corrected chi connectivity index (χ3v) is 4.66. The number of aromatic nitrogens is 3. The minimum Gasteiger partial charge on any atom is -0.493 e. The van der Waals surface area contributed by atoms with E-state index in [1.165, 1.54) is 14.2 Å². The summed E-state index contributed by atoms with van der Waals surface area (Å²) in [4.78, 5) is 11.5. The number of rotatable bonds is 7. The van der Waals surface area contributed by atoms with E-state index in [1.54, 1.807) is 30.5 Å². The van der Waals surface area contributed by atoms with Crippen molar-refractivity contribution in [3.05, 3.63) is 36.2 Å². The van der Waals surface area contributed by atoms with Gasteiger partial charge in [-0.25, -0.2) is 9.37 Å². The highest BCUT2D eigenvalue weighted by molar-refractivity contribution is 7.84. The van der Waals surface area contributed by atoms with Crippen LogP contribution < -0.4 is 14.2 Å². The molecule has 7 nitrogen and oxygen atoms in total. The molecule has 0 saturated heterocycles. The first-order valence-electron chi connectivity index (χ1n) is 7.29. The van der Waals surface area contributed by atoms with E-state index >= 15 is 0 Å². The number of aromatic amines is 1. The van der Waals surface area contributed by atoms with Crippen LogP contribution in [0.4, 0.5) is 4.39 Å². The van der Waals surface area contributed by atoms with E-state index in [0.29, 0.717) is 39.1 Å². The third-order valence-electron chi connectivity index (χ3n) is 3.50. The summed E-state index contributed by atoms with van der Waals surface area (Å²) in [6.07, 6.45) is 1.56. The number of fused-ring (bicyclic) bond motifs is 1. The fourth-order valence-corrected chi connectivity index (χ4v) is 3.39. The van der Waals surface area contributed by atoms with Crippen molar-refractivity contribution in [1.29, 1.82) is 0 Å². The van der Waals surface area contributed by atoms with Crippen molar-refractivity contribution >= 4 is 21.8 Å². The summed E-state index contributed by atoms with van der Waals surface area (Å²) in [6.45, 7) is -0.917. The molecule has 25 heavy (non-hydrogen) atoms. The molecule has 0 spiro atoms. The summed E-state index contributed by atoms with van der Waals surface area (Å²) in [6, 6.07) is 6.54.